The molecule has 1 aromatic carbocycles. The SMILES string of the molecule is COc1ccc(CNC(=O)[C@H](C)Sc2nnc(N)s2)cc1. The number of benzene rings is 1. The van der Waals surface area contributed by atoms with Gasteiger partial charge in [-0.05, 0) is 24.6 Å². The van der Waals surface area contributed by atoms with Crippen LogP contribution in [0.3, 0.4) is 0 Å². The number of nitrogen functional groups attached to an aromatic ring is 1. The fraction of sp³-hybridized carbons (Fsp3) is 0.308. The van der Waals surface area contributed by atoms with E-state index in [9.17, 15) is 4.79 Å². The highest BCUT2D eigenvalue weighted by atomic mass is 32.2. The minimum Gasteiger partial charge on any atom is -0.497 e. The molecule has 0 spiro atoms. The average molecular weight is 324 g/mol. The Kier molecular flexibility index (Phi) is 5.40. The Morgan fingerprint density at radius 2 is 2.14 bits per heavy atom. The van der Waals surface area contributed by atoms with Crippen LogP contribution in [0.4, 0.5) is 5.13 Å². The van der Waals surface area contributed by atoms with Crippen molar-refractivity contribution < 1.29 is 9.53 Å². The molecule has 0 aliphatic heterocycles. The van der Waals surface area contributed by atoms with E-state index in [1.807, 2.05) is 31.2 Å². The van der Waals surface area contributed by atoms with Crippen LogP contribution in [0.1, 0.15) is 12.5 Å². The van der Waals surface area contributed by atoms with Crippen molar-refractivity contribution in [2.75, 3.05) is 12.8 Å². The van der Waals surface area contributed by atoms with Crippen molar-refractivity contribution >= 4 is 34.1 Å². The minimum atomic E-state index is -0.254. The third kappa shape index (κ3) is 4.61. The molecule has 1 atom stereocenters. The van der Waals surface area contributed by atoms with Gasteiger partial charge in [-0.2, -0.15) is 0 Å². The Bertz CT molecular complexity index is 600. The maximum atomic E-state index is 12.0. The van der Waals surface area contributed by atoms with E-state index in [0.29, 0.717) is 16.0 Å². The van der Waals surface area contributed by atoms with Gasteiger partial charge in [-0.15, -0.1) is 10.2 Å². The summed E-state index contributed by atoms with van der Waals surface area (Å²) in [6, 6.07) is 7.57. The molecule has 0 aliphatic carbocycles. The third-order valence-corrected chi connectivity index (χ3v) is 4.63. The summed E-state index contributed by atoms with van der Waals surface area (Å²) in [4.78, 5) is 12.0. The van der Waals surface area contributed by atoms with Crippen LogP contribution in [0.5, 0.6) is 5.75 Å². The second kappa shape index (κ2) is 7.28. The number of ether oxygens (including phenoxy) is 1. The third-order valence-electron chi connectivity index (χ3n) is 2.69. The number of carbonyl (C=O) groups is 1. The topological polar surface area (TPSA) is 90.1 Å². The first-order chi connectivity index (χ1) is 10.1. The number of amides is 1. The Hall–Kier alpha value is -1.80. The van der Waals surface area contributed by atoms with Gasteiger partial charge < -0.3 is 15.8 Å². The summed E-state index contributed by atoms with van der Waals surface area (Å²) in [5, 5.41) is 10.6. The number of nitrogens with two attached hydrogens (primary N) is 1. The molecule has 0 aliphatic rings. The lowest BCUT2D eigenvalue weighted by Gasteiger charge is -2.10. The smallest absolute Gasteiger partial charge is 0.233 e. The van der Waals surface area contributed by atoms with Gasteiger partial charge in [0.05, 0.1) is 12.4 Å². The molecule has 0 saturated carbocycles. The zero-order valence-electron chi connectivity index (χ0n) is 11.7. The fourth-order valence-corrected chi connectivity index (χ4v) is 3.35. The quantitative estimate of drug-likeness (QED) is 0.789. The van der Waals surface area contributed by atoms with Crippen LogP contribution in [0.25, 0.3) is 0 Å². The van der Waals surface area contributed by atoms with Crippen LogP contribution in [0, 0.1) is 0 Å². The van der Waals surface area contributed by atoms with E-state index in [4.69, 9.17) is 10.5 Å². The maximum Gasteiger partial charge on any atom is 0.233 e. The van der Waals surface area contributed by atoms with E-state index >= 15 is 0 Å². The van der Waals surface area contributed by atoms with E-state index in [-0.39, 0.29) is 11.2 Å². The summed E-state index contributed by atoms with van der Waals surface area (Å²) in [6.45, 7) is 2.30. The van der Waals surface area contributed by atoms with Crippen molar-refractivity contribution in [2.45, 2.75) is 23.1 Å². The molecule has 0 saturated heterocycles. The van der Waals surface area contributed by atoms with Crippen LogP contribution in [0.15, 0.2) is 28.6 Å². The summed E-state index contributed by atoms with van der Waals surface area (Å²) in [5.74, 6) is 0.743. The number of nitrogens with zero attached hydrogens (tertiary/aromatic N) is 2. The number of nitrogens with one attached hydrogen (secondary N) is 1. The molecule has 21 heavy (non-hydrogen) atoms. The predicted octanol–water partition coefficient (Wildman–Crippen LogP) is 1.93. The fourth-order valence-electron chi connectivity index (χ4n) is 1.55. The van der Waals surface area contributed by atoms with E-state index < -0.39 is 0 Å². The molecule has 1 heterocycles. The Balaban J connectivity index is 1.82. The van der Waals surface area contributed by atoms with Crippen molar-refractivity contribution in [1.82, 2.24) is 15.5 Å². The molecule has 0 radical (unpaired) electrons. The van der Waals surface area contributed by atoms with Gasteiger partial charge in [0.25, 0.3) is 0 Å². The second-order valence-corrected chi connectivity index (χ2v) is 6.83. The molecule has 0 bridgehead atoms. The molecule has 3 N–H and O–H groups in total. The first-order valence-corrected chi connectivity index (χ1v) is 7.94. The van der Waals surface area contributed by atoms with Crippen molar-refractivity contribution in [3.05, 3.63) is 29.8 Å². The Morgan fingerprint density at radius 1 is 1.43 bits per heavy atom. The van der Waals surface area contributed by atoms with Crippen LogP contribution in [0.2, 0.25) is 0 Å². The molecule has 2 rings (SSSR count). The number of anilines is 1. The molecule has 112 valence electrons. The first-order valence-electron chi connectivity index (χ1n) is 6.24. The van der Waals surface area contributed by atoms with Gasteiger partial charge in [0, 0.05) is 6.54 Å². The van der Waals surface area contributed by atoms with Crippen LogP contribution in [-0.2, 0) is 11.3 Å². The van der Waals surface area contributed by atoms with Gasteiger partial charge in [0.1, 0.15) is 5.75 Å². The zero-order chi connectivity index (χ0) is 15.2. The van der Waals surface area contributed by atoms with Crippen LogP contribution in [-0.4, -0.2) is 28.5 Å². The normalized spacial score (nSPS) is 11.9. The standard InChI is InChI=1S/C13H16N4O2S2/c1-8(20-13-17-16-12(14)21-13)11(18)15-7-9-3-5-10(19-2)6-4-9/h3-6,8H,7H2,1-2H3,(H2,14,16)(H,15,18)/t8-/m0/s1. The summed E-state index contributed by atoms with van der Waals surface area (Å²) in [7, 11) is 1.62. The summed E-state index contributed by atoms with van der Waals surface area (Å²) >= 11 is 2.62. The second-order valence-electron chi connectivity index (χ2n) is 4.23. The molecule has 1 aromatic heterocycles. The maximum absolute atomic E-state index is 12.0. The molecule has 8 heteroatoms. The molecular formula is C13H16N4O2S2. The van der Waals surface area contributed by atoms with E-state index in [0.717, 1.165) is 11.3 Å². The molecule has 1 amide bonds. The van der Waals surface area contributed by atoms with Crippen LogP contribution < -0.4 is 15.8 Å². The van der Waals surface area contributed by atoms with Gasteiger partial charge >= 0.3 is 0 Å². The summed E-state index contributed by atoms with van der Waals surface area (Å²) < 4.78 is 5.78. The zero-order valence-corrected chi connectivity index (χ0v) is 13.3. The molecule has 2 aromatic rings. The van der Waals surface area contributed by atoms with E-state index in [1.165, 1.54) is 23.1 Å². The number of hydrogen-bond donors (Lipinski definition) is 2. The highest BCUT2D eigenvalue weighted by molar-refractivity contribution is 8.02. The van der Waals surface area contributed by atoms with E-state index in [1.54, 1.807) is 7.11 Å². The number of carbonyl (C=O) groups excluding carboxylic acids is 1. The van der Waals surface area contributed by atoms with Crippen LogP contribution >= 0.6 is 23.1 Å². The summed E-state index contributed by atoms with van der Waals surface area (Å²) in [6.07, 6.45) is 0. The van der Waals surface area contributed by atoms with Crippen molar-refractivity contribution in [3.8, 4) is 5.75 Å². The van der Waals surface area contributed by atoms with Gasteiger partial charge in [0.2, 0.25) is 11.0 Å². The van der Waals surface area contributed by atoms with Gasteiger partial charge in [-0.3, -0.25) is 4.79 Å². The number of thioether (sulfide) groups is 1. The average Bonchev–Trinajstić information content (AvgIpc) is 2.90. The number of methoxy groups -OCH3 is 1. The number of hydrogen-bond acceptors (Lipinski definition) is 7. The van der Waals surface area contributed by atoms with Gasteiger partial charge in [-0.1, -0.05) is 35.2 Å². The molecule has 0 unspecified atom stereocenters. The minimum absolute atomic E-state index is 0.0513. The van der Waals surface area contributed by atoms with E-state index in [2.05, 4.69) is 15.5 Å². The van der Waals surface area contributed by atoms with Crippen molar-refractivity contribution in [2.24, 2.45) is 0 Å². The molecular weight excluding hydrogens is 308 g/mol. The highest BCUT2D eigenvalue weighted by Crippen LogP contribution is 2.27. The van der Waals surface area contributed by atoms with Crippen molar-refractivity contribution in [3.63, 3.8) is 0 Å². The Morgan fingerprint density at radius 3 is 2.71 bits per heavy atom. The largest absolute Gasteiger partial charge is 0.497 e. The lowest BCUT2D eigenvalue weighted by Crippen LogP contribution is -2.30. The number of aromatic nitrogens is 2. The highest BCUT2D eigenvalue weighted by Gasteiger charge is 2.16. The van der Waals surface area contributed by atoms with Crippen molar-refractivity contribution in [1.29, 1.82) is 0 Å². The monoisotopic (exact) mass is 324 g/mol. The lowest BCUT2D eigenvalue weighted by molar-refractivity contribution is -0.120. The number of rotatable bonds is 6. The molecule has 6 nitrogen and oxygen atoms in total. The lowest BCUT2D eigenvalue weighted by atomic mass is 10.2. The predicted molar refractivity (Wildman–Crippen MR) is 84.5 cm³/mol. The van der Waals surface area contributed by atoms with Gasteiger partial charge in [0.15, 0.2) is 4.34 Å². The Labute approximate surface area is 131 Å². The summed E-state index contributed by atoms with van der Waals surface area (Å²) in [5.41, 5.74) is 6.52. The molecule has 0 fully saturated rings. The van der Waals surface area contributed by atoms with Gasteiger partial charge in [-0.25, -0.2) is 0 Å². The first kappa shape index (κ1) is 15.6.